The van der Waals surface area contributed by atoms with Crippen molar-refractivity contribution in [2.45, 2.75) is 11.6 Å². The topological polar surface area (TPSA) is 66.1 Å². The molecule has 0 saturated carbocycles. The van der Waals surface area contributed by atoms with Crippen molar-refractivity contribution in [3.8, 4) is 0 Å². The van der Waals surface area contributed by atoms with Crippen molar-refractivity contribution in [1.82, 2.24) is 14.5 Å². The van der Waals surface area contributed by atoms with Gasteiger partial charge in [0.2, 0.25) is 0 Å². The number of nitrogens with one attached hydrogen (secondary N) is 1. The highest BCUT2D eigenvalue weighted by Crippen LogP contribution is 2.16. The number of hydrogen-bond donors (Lipinski definition) is 1. The molecule has 1 aromatic heterocycles. The van der Waals surface area contributed by atoms with Gasteiger partial charge in [-0.25, -0.2) is 17.2 Å². The molecule has 0 aliphatic rings. The molecular weight excluding hydrogens is 276 g/mol. The zero-order chi connectivity index (χ0) is 14.0. The number of hydrogen-bond acceptors (Lipinski definition) is 3. The van der Waals surface area contributed by atoms with E-state index in [-0.39, 0.29) is 17.1 Å². The second kappa shape index (κ2) is 5.06. The monoisotopic (exact) mass is 287 g/mol. The third-order valence-corrected chi connectivity index (χ3v) is 4.30. The highest BCUT2D eigenvalue weighted by Gasteiger charge is 2.23. The van der Waals surface area contributed by atoms with E-state index < -0.39 is 21.7 Å². The third kappa shape index (κ3) is 2.79. The van der Waals surface area contributed by atoms with E-state index in [1.54, 1.807) is 0 Å². The van der Waals surface area contributed by atoms with Gasteiger partial charge in [0.1, 0.15) is 11.6 Å². The number of sulfonamides is 1. The molecule has 0 spiro atoms. The molecule has 0 aliphatic heterocycles. The van der Waals surface area contributed by atoms with Crippen molar-refractivity contribution in [2.24, 2.45) is 0 Å². The zero-order valence-electron chi connectivity index (χ0n) is 9.97. The van der Waals surface area contributed by atoms with Crippen LogP contribution in [0.5, 0.6) is 0 Å². The van der Waals surface area contributed by atoms with Crippen LogP contribution >= 0.6 is 0 Å². The molecule has 2 rings (SSSR count). The molecule has 1 N–H and O–H groups in total. The molecule has 0 radical (unpaired) electrons. The predicted octanol–water partition coefficient (Wildman–Crippen LogP) is 1.51. The maximum atomic E-state index is 13.5. The van der Waals surface area contributed by atoms with E-state index in [0.717, 1.165) is 10.4 Å². The summed E-state index contributed by atoms with van der Waals surface area (Å²) in [5, 5.41) is 5.80. The number of halogens is 2. The fraction of sp³-hybridized carbons (Fsp3) is 0.182. The molecule has 0 bridgehead atoms. The summed E-state index contributed by atoms with van der Waals surface area (Å²) in [6.07, 6.45) is 1.30. The molecule has 5 nitrogen and oxygen atoms in total. The van der Waals surface area contributed by atoms with E-state index in [0.29, 0.717) is 6.07 Å². The first-order valence-electron chi connectivity index (χ1n) is 5.31. The summed E-state index contributed by atoms with van der Waals surface area (Å²) in [4.78, 5) is 0. The summed E-state index contributed by atoms with van der Waals surface area (Å²) in [5.41, 5.74) is 0.0898. The van der Waals surface area contributed by atoms with Gasteiger partial charge in [0.15, 0.2) is 5.03 Å². The first-order chi connectivity index (χ1) is 8.91. The third-order valence-electron chi connectivity index (χ3n) is 2.57. The number of rotatable bonds is 4. The average molecular weight is 287 g/mol. The van der Waals surface area contributed by atoms with Crippen molar-refractivity contribution in [2.75, 3.05) is 7.05 Å². The number of aromatic amines is 1. The molecule has 0 aliphatic carbocycles. The van der Waals surface area contributed by atoms with Gasteiger partial charge in [-0.3, -0.25) is 5.10 Å². The fourth-order valence-corrected chi connectivity index (χ4v) is 2.58. The van der Waals surface area contributed by atoms with Crippen molar-refractivity contribution in [3.63, 3.8) is 0 Å². The highest BCUT2D eigenvalue weighted by atomic mass is 32.2. The van der Waals surface area contributed by atoms with Crippen molar-refractivity contribution in [1.29, 1.82) is 0 Å². The molecule has 0 fully saturated rings. The van der Waals surface area contributed by atoms with E-state index in [2.05, 4.69) is 10.2 Å². The Morgan fingerprint density at radius 3 is 2.63 bits per heavy atom. The molecule has 0 unspecified atom stereocenters. The minimum absolute atomic E-state index is 0.0856. The molecule has 2 aromatic rings. The van der Waals surface area contributed by atoms with E-state index in [1.165, 1.54) is 25.4 Å². The summed E-state index contributed by atoms with van der Waals surface area (Å²) in [6.45, 7) is -0.201. The Bertz CT molecular complexity index is 671. The summed E-state index contributed by atoms with van der Waals surface area (Å²) < 4.78 is 51.2. The SMILES string of the molecule is CN(Cc1ccc(F)cc1F)S(=O)(=O)c1ccn[nH]1. The number of H-pyrrole nitrogens is 1. The Morgan fingerprint density at radius 1 is 1.32 bits per heavy atom. The van der Waals surface area contributed by atoms with Crippen molar-refractivity contribution in [3.05, 3.63) is 47.7 Å². The maximum absolute atomic E-state index is 13.5. The number of aromatic nitrogens is 2. The average Bonchev–Trinajstić information content (AvgIpc) is 2.86. The molecule has 0 saturated heterocycles. The molecule has 102 valence electrons. The van der Waals surface area contributed by atoms with Crippen LogP contribution in [0.3, 0.4) is 0 Å². The lowest BCUT2D eigenvalue weighted by Gasteiger charge is -2.16. The zero-order valence-corrected chi connectivity index (χ0v) is 10.8. The quantitative estimate of drug-likeness (QED) is 0.927. The van der Waals surface area contributed by atoms with Gasteiger partial charge in [0.05, 0.1) is 6.20 Å². The summed E-state index contributed by atoms with van der Waals surface area (Å²) in [6, 6.07) is 4.30. The van der Waals surface area contributed by atoms with E-state index in [4.69, 9.17) is 0 Å². The van der Waals surface area contributed by atoms with Crippen LogP contribution < -0.4 is 0 Å². The Kier molecular flexibility index (Phi) is 3.63. The lowest BCUT2D eigenvalue weighted by atomic mass is 10.2. The second-order valence-corrected chi connectivity index (χ2v) is 5.93. The molecule has 8 heteroatoms. The van der Waals surface area contributed by atoms with Gasteiger partial charge in [-0.2, -0.15) is 9.40 Å². The molecular formula is C11H11F2N3O2S. The predicted molar refractivity (Wildman–Crippen MR) is 63.6 cm³/mol. The summed E-state index contributed by atoms with van der Waals surface area (Å²) in [5.74, 6) is -1.49. The Labute approximate surface area is 108 Å². The number of benzene rings is 1. The van der Waals surface area contributed by atoms with Gasteiger partial charge in [0.25, 0.3) is 10.0 Å². The Morgan fingerprint density at radius 2 is 2.05 bits per heavy atom. The largest absolute Gasteiger partial charge is 0.266 e. The van der Waals surface area contributed by atoms with Crippen molar-refractivity contribution < 1.29 is 17.2 Å². The van der Waals surface area contributed by atoms with Crippen molar-refractivity contribution >= 4 is 10.0 Å². The fourth-order valence-electron chi connectivity index (χ4n) is 1.53. The van der Waals surface area contributed by atoms with E-state index in [1.807, 2.05) is 0 Å². The maximum Gasteiger partial charge on any atom is 0.260 e. The van der Waals surface area contributed by atoms with Crippen LogP contribution in [0.1, 0.15) is 5.56 Å². The van der Waals surface area contributed by atoms with Gasteiger partial charge in [-0.05, 0) is 12.1 Å². The van der Waals surface area contributed by atoms with Crippen LogP contribution in [-0.2, 0) is 16.6 Å². The molecule has 1 aromatic carbocycles. The van der Waals surface area contributed by atoms with Gasteiger partial charge >= 0.3 is 0 Å². The Hall–Kier alpha value is -1.80. The normalized spacial score (nSPS) is 12.0. The van der Waals surface area contributed by atoms with Crippen LogP contribution in [-0.4, -0.2) is 30.0 Å². The first kappa shape index (κ1) is 13.6. The molecule has 0 atom stereocenters. The molecule has 0 amide bonds. The minimum Gasteiger partial charge on any atom is -0.266 e. The van der Waals surface area contributed by atoms with Crippen LogP contribution in [0, 0.1) is 11.6 Å². The summed E-state index contributed by atoms with van der Waals surface area (Å²) in [7, 11) is -2.46. The number of nitrogens with zero attached hydrogens (tertiary/aromatic N) is 2. The van der Waals surface area contributed by atoms with Crippen LogP contribution in [0.15, 0.2) is 35.5 Å². The minimum atomic E-state index is -3.77. The van der Waals surface area contributed by atoms with E-state index in [9.17, 15) is 17.2 Å². The van der Waals surface area contributed by atoms with Gasteiger partial charge < -0.3 is 0 Å². The van der Waals surface area contributed by atoms with Crippen LogP contribution in [0.25, 0.3) is 0 Å². The van der Waals surface area contributed by atoms with Crippen LogP contribution in [0.2, 0.25) is 0 Å². The highest BCUT2D eigenvalue weighted by molar-refractivity contribution is 7.89. The molecule has 19 heavy (non-hydrogen) atoms. The lowest BCUT2D eigenvalue weighted by molar-refractivity contribution is 0.452. The van der Waals surface area contributed by atoms with Gasteiger partial charge in [-0.15, -0.1) is 0 Å². The second-order valence-electron chi connectivity index (χ2n) is 3.92. The smallest absolute Gasteiger partial charge is 0.260 e. The van der Waals surface area contributed by atoms with Crippen LogP contribution in [0.4, 0.5) is 8.78 Å². The first-order valence-corrected chi connectivity index (χ1v) is 6.75. The molecule has 1 heterocycles. The summed E-state index contributed by atoms with van der Waals surface area (Å²) >= 11 is 0. The van der Waals surface area contributed by atoms with Gasteiger partial charge in [0, 0.05) is 25.2 Å². The Balaban J connectivity index is 2.24. The van der Waals surface area contributed by atoms with Gasteiger partial charge in [-0.1, -0.05) is 6.07 Å². The lowest BCUT2D eigenvalue weighted by Crippen LogP contribution is -2.27. The van der Waals surface area contributed by atoms with E-state index >= 15 is 0 Å². The standard InChI is InChI=1S/C11H11F2N3O2S/c1-16(19(17,18)11-4-5-14-15-11)7-8-2-3-9(12)6-10(8)13/h2-6H,7H2,1H3,(H,14,15).